The molecule has 19 heavy (non-hydrogen) atoms. The highest BCUT2D eigenvalue weighted by Gasteiger charge is 2.31. The zero-order valence-electron chi connectivity index (χ0n) is 10.1. The molecule has 0 spiro atoms. The molecule has 0 aliphatic carbocycles. The number of hydrogen-bond donors (Lipinski definition) is 1. The van der Waals surface area contributed by atoms with Crippen molar-refractivity contribution in [1.29, 1.82) is 0 Å². The summed E-state index contributed by atoms with van der Waals surface area (Å²) in [4.78, 5) is 0. The van der Waals surface area contributed by atoms with E-state index >= 15 is 0 Å². The van der Waals surface area contributed by atoms with Crippen LogP contribution in [0.1, 0.15) is 18.4 Å². The monoisotopic (exact) mass is 379 g/mol. The second-order valence-electron chi connectivity index (χ2n) is 4.31. The minimum Gasteiger partial charge on any atom is -0.355 e. The van der Waals surface area contributed by atoms with Gasteiger partial charge in [-0.05, 0) is 24.5 Å². The van der Waals surface area contributed by atoms with Gasteiger partial charge in [-0.2, -0.15) is 0 Å². The average molecular weight is 380 g/mol. The molecule has 1 aliphatic rings. The van der Waals surface area contributed by atoms with Crippen LogP contribution >= 0.6 is 39.9 Å². The summed E-state index contributed by atoms with van der Waals surface area (Å²) >= 11 is 10.1. The minimum absolute atomic E-state index is 0.266. The second kappa shape index (κ2) is 6.56. The first-order chi connectivity index (χ1) is 8.99. The van der Waals surface area contributed by atoms with Crippen LogP contribution in [-0.4, -0.2) is 23.9 Å². The summed E-state index contributed by atoms with van der Waals surface area (Å²) in [5.74, 6) is 0.988. The highest BCUT2D eigenvalue weighted by molar-refractivity contribution is 9.10. The molecule has 1 aliphatic heterocycles. The van der Waals surface area contributed by atoms with Crippen molar-refractivity contribution in [3.05, 3.63) is 34.3 Å². The Morgan fingerprint density at radius 2 is 2.21 bits per heavy atom. The number of thioether (sulfide) groups is 1. The molecule has 3 nitrogen and oxygen atoms in total. The largest absolute Gasteiger partial charge is 0.355 e. The molecule has 1 aromatic rings. The van der Waals surface area contributed by atoms with E-state index in [4.69, 9.17) is 12.2 Å². The molecule has 104 valence electrons. The molecule has 1 unspecified atom stereocenters. The number of hydrogen-bond acceptors (Lipinski definition) is 4. The van der Waals surface area contributed by atoms with Crippen molar-refractivity contribution in [3.8, 4) is 0 Å². The van der Waals surface area contributed by atoms with E-state index in [0.717, 1.165) is 22.2 Å². The van der Waals surface area contributed by atoms with E-state index in [1.165, 1.54) is 11.8 Å². The summed E-state index contributed by atoms with van der Waals surface area (Å²) in [6.07, 6.45) is 1.37. The van der Waals surface area contributed by atoms with Crippen LogP contribution in [0.4, 0.5) is 0 Å². The number of benzene rings is 1. The Morgan fingerprint density at radius 1 is 1.47 bits per heavy atom. The van der Waals surface area contributed by atoms with Crippen LogP contribution in [-0.2, 0) is 15.6 Å². The van der Waals surface area contributed by atoms with Gasteiger partial charge in [0.1, 0.15) is 9.69 Å². The van der Waals surface area contributed by atoms with Crippen molar-refractivity contribution >= 4 is 54.1 Å². The average Bonchev–Trinajstić information content (AvgIpc) is 2.68. The molecule has 0 saturated carbocycles. The lowest BCUT2D eigenvalue weighted by Gasteiger charge is -2.13. The first-order valence-electron chi connectivity index (χ1n) is 5.87. The molecule has 0 aromatic heterocycles. The van der Waals surface area contributed by atoms with Crippen LogP contribution in [0.3, 0.4) is 0 Å². The molecule has 1 aromatic carbocycles. The number of nitrogens with one attached hydrogen (secondary N) is 1. The molecule has 1 atom stereocenters. The predicted molar refractivity (Wildman–Crippen MR) is 88.0 cm³/mol. The molecule has 1 saturated heterocycles. The van der Waals surface area contributed by atoms with Gasteiger partial charge in [0, 0.05) is 10.2 Å². The van der Waals surface area contributed by atoms with E-state index in [1.807, 2.05) is 24.3 Å². The SMILES string of the molecule is O=S1(=O)CCCC1NC(=S)SCc1ccccc1Br. The van der Waals surface area contributed by atoms with Gasteiger partial charge in [-0.15, -0.1) is 0 Å². The standard InChI is InChI=1S/C12H14BrNO2S3/c13-10-5-2-1-4-9(10)8-18-12(17)14-11-6-3-7-19(11,15)16/h1-2,4-5,11H,3,6-8H2,(H,14,17). The Balaban J connectivity index is 1.87. The first-order valence-corrected chi connectivity index (χ1v) is 9.77. The Hall–Kier alpha value is -0.110. The molecule has 1 fully saturated rings. The number of rotatable bonds is 3. The van der Waals surface area contributed by atoms with Crippen molar-refractivity contribution in [2.75, 3.05) is 5.75 Å². The van der Waals surface area contributed by atoms with Gasteiger partial charge in [0.05, 0.1) is 5.75 Å². The zero-order chi connectivity index (χ0) is 13.9. The third-order valence-corrected chi connectivity index (χ3v) is 7.08. The Bertz CT molecular complexity index is 574. The van der Waals surface area contributed by atoms with Crippen molar-refractivity contribution in [1.82, 2.24) is 5.32 Å². The molecule has 0 bridgehead atoms. The summed E-state index contributed by atoms with van der Waals surface area (Å²) in [6, 6.07) is 7.93. The van der Waals surface area contributed by atoms with Gasteiger partial charge in [-0.25, -0.2) is 8.42 Å². The van der Waals surface area contributed by atoms with Crippen molar-refractivity contribution < 1.29 is 8.42 Å². The lowest BCUT2D eigenvalue weighted by molar-refractivity contribution is 0.585. The maximum atomic E-state index is 11.7. The third-order valence-electron chi connectivity index (χ3n) is 2.92. The fourth-order valence-electron chi connectivity index (χ4n) is 1.89. The Labute approximate surface area is 131 Å². The van der Waals surface area contributed by atoms with Crippen LogP contribution in [0.5, 0.6) is 0 Å². The number of halogens is 1. The molecular weight excluding hydrogens is 366 g/mol. The van der Waals surface area contributed by atoms with Gasteiger partial charge in [0.2, 0.25) is 0 Å². The molecule has 2 rings (SSSR count). The smallest absolute Gasteiger partial charge is 0.171 e. The normalized spacial score (nSPS) is 21.2. The van der Waals surface area contributed by atoms with Crippen molar-refractivity contribution in [2.45, 2.75) is 24.0 Å². The van der Waals surface area contributed by atoms with E-state index in [9.17, 15) is 8.42 Å². The van der Waals surface area contributed by atoms with Gasteiger partial charge in [0.25, 0.3) is 0 Å². The van der Waals surface area contributed by atoms with Crippen LogP contribution in [0.25, 0.3) is 0 Å². The van der Waals surface area contributed by atoms with E-state index < -0.39 is 15.2 Å². The maximum Gasteiger partial charge on any atom is 0.171 e. The molecular formula is C12H14BrNO2S3. The quantitative estimate of drug-likeness (QED) is 0.817. The molecule has 1 N–H and O–H groups in total. The lowest BCUT2D eigenvalue weighted by atomic mass is 10.2. The number of thiocarbonyl (C=S) groups is 1. The van der Waals surface area contributed by atoms with Crippen LogP contribution in [0.15, 0.2) is 28.7 Å². The van der Waals surface area contributed by atoms with Crippen molar-refractivity contribution in [3.63, 3.8) is 0 Å². The lowest BCUT2D eigenvalue weighted by Crippen LogP contribution is -2.35. The Morgan fingerprint density at radius 3 is 2.84 bits per heavy atom. The summed E-state index contributed by atoms with van der Waals surface area (Å²) in [5.41, 5.74) is 1.14. The topological polar surface area (TPSA) is 46.2 Å². The maximum absolute atomic E-state index is 11.7. The molecule has 1 heterocycles. The fourth-order valence-corrected chi connectivity index (χ4v) is 5.40. The summed E-state index contributed by atoms with van der Waals surface area (Å²) in [6.45, 7) is 0. The Kier molecular flexibility index (Phi) is 5.28. The second-order valence-corrected chi connectivity index (χ2v) is 9.12. The first kappa shape index (κ1) is 15.3. The van der Waals surface area contributed by atoms with Gasteiger partial charge >= 0.3 is 0 Å². The predicted octanol–water partition coefficient (Wildman–Crippen LogP) is 3.09. The van der Waals surface area contributed by atoms with Crippen LogP contribution < -0.4 is 5.32 Å². The fraction of sp³-hybridized carbons (Fsp3) is 0.417. The summed E-state index contributed by atoms with van der Waals surface area (Å²) in [7, 11) is -2.99. The highest BCUT2D eigenvalue weighted by atomic mass is 79.9. The van der Waals surface area contributed by atoms with Gasteiger partial charge in [-0.3, -0.25) is 0 Å². The van der Waals surface area contributed by atoms with Crippen LogP contribution in [0.2, 0.25) is 0 Å². The zero-order valence-corrected chi connectivity index (χ0v) is 14.2. The van der Waals surface area contributed by atoms with Gasteiger partial charge in [0.15, 0.2) is 9.84 Å². The van der Waals surface area contributed by atoms with Crippen LogP contribution in [0, 0.1) is 0 Å². The minimum atomic E-state index is -2.99. The molecule has 7 heteroatoms. The third kappa shape index (κ3) is 4.18. The van der Waals surface area contributed by atoms with Crippen molar-refractivity contribution in [2.24, 2.45) is 0 Å². The van der Waals surface area contributed by atoms with Gasteiger partial charge in [-0.1, -0.05) is 58.1 Å². The number of sulfone groups is 1. The molecule has 0 radical (unpaired) electrons. The van der Waals surface area contributed by atoms with E-state index in [2.05, 4.69) is 21.2 Å². The van der Waals surface area contributed by atoms with E-state index in [1.54, 1.807) is 0 Å². The van der Waals surface area contributed by atoms with Gasteiger partial charge < -0.3 is 5.32 Å². The summed E-state index contributed by atoms with van der Waals surface area (Å²) in [5, 5.41) is 2.46. The van der Waals surface area contributed by atoms with E-state index in [-0.39, 0.29) is 5.75 Å². The summed E-state index contributed by atoms with van der Waals surface area (Å²) < 4.78 is 25.0. The van der Waals surface area contributed by atoms with E-state index in [0.29, 0.717) is 10.7 Å². The highest BCUT2D eigenvalue weighted by Crippen LogP contribution is 2.23. The molecule has 0 amide bonds.